The van der Waals surface area contributed by atoms with Crippen LogP contribution >= 0.6 is 0 Å². The number of rotatable bonds is 10. The van der Waals surface area contributed by atoms with E-state index in [4.69, 9.17) is 9.47 Å². The Labute approximate surface area is 245 Å². The zero-order valence-electron chi connectivity index (χ0n) is 25.6. The van der Waals surface area contributed by atoms with Gasteiger partial charge in [0.05, 0.1) is 20.3 Å². The highest BCUT2D eigenvalue weighted by atomic mass is 16.5. The number of hydrogen-bond acceptors (Lipinski definition) is 4. The van der Waals surface area contributed by atoms with E-state index < -0.39 is 6.10 Å². The van der Waals surface area contributed by atoms with Gasteiger partial charge in [-0.25, -0.2) is 0 Å². The number of hydrogen-bond donors (Lipinski definition) is 1. The number of ether oxygens (including phenoxy) is 2. The Balaban J connectivity index is 1.55. The topological polar surface area (TPSA) is 55.8 Å². The van der Waals surface area contributed by atoms with Crippen LogP contribution in [0.2, 0.25) is 0 Å². The molecule has 0 aromatic heterocycles. The molecule has 1 atom stereocenters. The first-order chi connectivity index (χ1) is 19.5. The highest BCUT2D eigenvalue weighted by Crippen LogP contribution is 2.39. The van der Waals surface area contributed by atoms with Gasteiger partial charge in [-0.1, -0.05) is 71.8 Å². The molecule has 1 unspecified atom stereocenters. The number of para-hydroxylation sites is 2. The number of aryl methyl sites for hydroxylation is 6. The maximum atomic E-state index is 13.2. The third-order valence-electron chi connectivity index (χ3n) is 7.80. The summed E-state index contributed by atoms with van der Waals surface area (Å²) in [7, 11) is 3.31. The summed E-state index contributed by atoms with van der Waals surface area (Å²) in [6.45, 7) is 12.6. The fraction of sp³-hybridized carbons (Fsp3) is 0.324. The molecule has 214 valence electrons. The van der Waals surface area contributed by atoms with E-state index in [1.54, 1.807) is 14.2 Å². The number of carbonyl (C=O) groups excluding carboxylic acids is 1. The van der Waals surface area contributed by atoms with Crippen molar-refractivity contribution < 1.29 is 19.4 Å². The summed E-state index contributed by atoms with van der Waals surface area (Å²) in [5.74, 6) is 1.42. The minimum atomic E-state index is -0.831. The molecule has 0 amide bonds. The van der Waals surface area contributed by atoms with E-state index >= 15 is 0 Å². The molecule has 0 aliphatic carbocycles. The summed E-state index contributed by atoms with van der Waals surface area (Å²) < 4.78 is 11.7. The predicted octanol–water partition coefficient (Wildman–Crippen LogP) is 7.99. The van der Waals surface area contributed by atoms with Crippen molar-refractivity contribution in [3.05, 3.63) is 105 Å². The standard InChI is InChI=1S/C37H42O4/c1-22-15-24(3)34(25(4)16-22)32-13-9-11-28(36(32)40-7)19-30(38)21-31(39)20-29-12-10-14-33(37(29)41-8)35-26(5)17-23(2)18-27(35)6/h9-18,30,38H,19-21H2,1-8H3. The summed E-state index contributed by atoms with van der Waals surface area (Å²) in [6.07, 6.45) is -0.267. The molecule has 4 aromatic carbocycles. The van der Waals surface area contributed by atoms with E-state index in [2.05, 4.69) is 71.9 Å². The molecule has 0 saturated carbocycles. The van der Waals surface area contributed by atoms with Crippen molar-refractivity contribution in [2.75, 3.05) is 14.2 Å². The lowest BCUT2D eigenvalue weighted by molar-refractivity contribution is -0.120. The van der Waals surface area contributed by atoms with Gasteiger partial charge in [0.25, 0.3) is 0 Å². The van der Waals surface area contributed by atoms with Crippen molar-refractivity contribution in [1.29, 1.82) is 0 Å². The van der Waals surface area contributed by atoms with Gasteiger partial charge < -0.3 is 14.6 Å². The number of aliphatic hydroxyl groups is 1. The van der Waals surface area contributed by atoms with E-state index in [0.717, 1.165) is 39.1 Å². The van der Waals surface area contributed by atoms with Crippen molar-refractivity contribution in [3.63, 3.8) is 0 Å². The molecule has 4 heteroatoms. The Morgan fingerprint density at radius 1 is 0.683 bits per heavy atom. The van der Waals surface area contributed by atoms with Gasteiger partial charge in [0.15, 0.2) is 0 Å². The lowest BCUT2D eigenvalue weighted by Crippen LogP contribution is -2.18. The molecular formula is C37H42O4. The van der Waals surface area contributed by atoms with Crippen molar-refractivity contribution in [1.82, 2.24) is 0 Å². The third kappa shape index (κ3) is 6.55. The second kappa shape index (κ2) is 12.7. The van der Waals surface area contributed by atoms with Gasteiger partial charge in [-0.2, -0.15) is 0 Å². The number of aliphatic hydroxyl groups excluding tert-OH is 1. The summed E-state index contributed by atoms with van der Waals surface area (Å²) in [5, 5.41) is 11.0. The highest BCUT2D eigenvalue weighted by Gasteiger charge is 2.21. The molecule has 0 radical (unpaired) electrons. The number of ketones is 1. The van der Waals surface area contributed by atoms with Gasteiger partial charge in [-0.15, -0.1) is 0 Å². The molecule has 1 N–H and O–H groups in total. The highest BCUT2D eigenvalue weighted by molar-refractivity contribution is 5.85. The van der Waals surface area contributed by atoms with Crippen LogP contribution in [0.3, 0.4) is 0 Å². The number of Topliss-reactive ketones (excluding diaryl/α,β-unsaturated/α-hetero) is 1. The smallest absolute Gasteiger partial charge is 0.139 e. The van der Waals surface area contributed by atoms with E-state index in [0.29, 0.717) is 12.2 Å². The summed E-state index contributed by atoms with van der Waals surface area (Å²) in [4.78, 5) is 13.2. The molecule has 0 saturated heterocycles. The fourth-order valence-electron chi connectivity index (χ4n) is 6.43. The Kier molecular flexibility index (Phi) is 9.35. The third-order valence-corrected chi connectivity index (χ3v) is 7.80. The minimum absolute atomic E-state index is 0.0364. The normalized spacial score (nSPS) is 11.8. The molecule has 0 spiro atoms. The Morgan fingerprint density at radius 3 is 1.54 bits per heavy atom. The maximum Gasteiger partial charge on any atom is 0.139 e. The second-order valence-electron chi connectivity index (χ2n) is 11.3. The number of benzene rings is 4. The van der Waals surface area contributed by atoms with Crippen LogP contribution < -0.4 is 9.47 Å². The van der Waals surface area contributed by atoms with E-state index in [1.165, 1.54) is 33.4 Å². The van der Waals surface area contributed by atoms with Gasteiger partial charge in [0, 0.05) is 36.0 Å². The molecule has 41 heavy (non-hydrogen) atoms. The molecular weight excluding hydrogens is 508 g/mol. The molecule has 4 nitrogen and oxygen atoms in total. The monoisotopic (exact) mass is 550 g/mol. The van der Waals surface area contributed by atoms with Crippen molar-refractivity contribution in [3.8, 4) is 33.8 Å². The molecule has 0 heterocycles. The molecule has 4 aromatic rings. The molecule has 0 fully saturated rings. The van der Waals surface area contributed by atoms with Crippen LogP contribution in [-0.4, -0.2) is 31.2 Å². The largest absolute Gasteiger partial charge is 0.496 e. The summed E-state index contributed by atoms with van der Waals surface area (Å²) in [5.41, 5.74) is 13.1. The zero-order valence-corrected chi connectivity index (χ0v) is 25.6. The van der Waals surface area contributed by atoms with Gasteiger partial charge in [0.1, 0.15) is 17.3 Å². The molecule has 0 bridgehead atoms. The van der Waals surface area contributed by atoms with Crippen LogP contribution in [0.25, 0.3) is 22.3 Å². The molecule has 4 rings (SSSR count). The van der Waals surface area contributed by atoms with Crippen molar-refractivity contribution in [2.45, 2.75) is 66.9 Å². The van der Waals surface area contributed by atoms with Crippen LogP contribution in [0.1, 0.15) is 50.9 Å². The Morgan fingerprint density at radius 2 is 1.10 bits per heavy atom. The van der Waals surface area contributed by atoms with Crippen LogP contribution in [-0.2, 0) is 17.6 Å². The average Bonchev–Trinajstić information content (AvgIpc) is 2.87. The SMILES string of the molecule is COc1c(CC(=O)CC(O)Cc2cccc(-c3c(C)cc(C)cc3C)c2OC)cccc1-c1c(C)cc(C)cc1C. The fourth-order valence-corrected chi connectivity index (χ4v) is 6.43. The lowest BCUT2D eigenvalue weighted by Gasteiger charge is -2.19. The van der Waals surface area contributed by atoms with E-state index in [-0.39, 0.29) is 18.6 Å². The van der Waals surface area contributed by atoms with Crippen LogP contribution in [0.4, 0.5) is 0 Å². The minimum Gasteiger partial charge on any atom is -0.496 e. The van der Waals surface area contributed by atoms with Crippen LogP contribution in [0, 0.1) is 41.5 Å². The second-order valence-corrected chi connectivity index (χ2v) is 11.3. The molecule has 0 aliphatic heterocycles. The first-order valence-corrected chi connectivity index (χ1v) is 14.2. The molecule has 0 aliphatic rings. The van der Waals surface area contributed by atoms with Gasteiger partial charge in [-0.05, 0) is 80.5 Å². The first kappa shape index (κ1) is 30.1. The van der Waals surface area contributed by atoms with Crippen molar-refractivity contribution in [2.24, 2.45) is 0 Å². The zero-order chi connectivity index (χ0) is 29.8. The summed E-state index contributed by atoms with van der Waals surface area (Å²) >= 11 is 0. The quantitative estimate of drug-likeness (QED) is 0.217. The maximum absolute atomic E-state index is 13.2. The van der Waals surface area contributed by atoms with Crippen LogP contribution in [0.15, 0.2) is 60.7 Å². The number of methoxy groups -OCH3 is 2. The van der Waals surface area contributed by atoms with Gasteiger partial charge in [0.2, 0.25) is 0 Å². The summed E-state index contributed by atoms with van der Waals surface area (Å²) in [6, 6.07) is 20.6. The Hall–Kier alpha value is -3.89. The van der Waals surface area contributed by atoms with Gasteiger partial charge in [-0.3, -0.25) is 4.79 Å². The van der Waals surface area contributed by atoms with Crippen molar-refractivity contribution >= 4 is 5.78 Å². The van der Waals surface area contributed by atoms with Crippen LogP contribution in [0.5, 0.6) is 11.5 Å². The first-order valence-electron chi connectivity index (χ1n) is 14.2. The lowest BCUT2D eigenvalue weighted by atomic mass is 9.90. The average molecular weight is 551 g/mol. The van der Waals surface area contributed by atoms with E-state index in [9.17, 15) is 9.90 Å². The Bertz CT molecular complexity index is 1530. The number of carbonyl (C=O) groups is 1. The van der Waals surface area contributed by atoms with E-state index in [1.807, 2.05) is 30.3 Å². The predicted molar refractivity (Wildman–Crippen MR) is 168 cm³/mol. The van der Waals surface area contributed by atoms with Gasteiger partial charge >= 0.3 is 0 Å².